The zero-order valence-corrected chi connectivity index (χ0v) is 22.1. The largest absolute Gasteiger partial charge is 0.493 e. The number of hydrogen-bond donors (Lipinski definition) is 0. The van der Waals surface area contributed by atoms with Crippen molar-refractivity contribution in [3.05, 3.63) is 71.8 Å². The standard InChI is InChI=1S/C28H28N2O6S/c1-28-16-20(19-12-9-13-21(32-2)24(19)36-28)29(27(37)30(28)18-10-7-6-8-11-18)26(31)17-14-22(33-3)25(35-5)23(15-17)34-4/h6-15,20H,16H2,1-5H3/t20-,28+/m0/s1. The first-order chi connectivity index (χ1) is 17.9. The number of para-hydroxylation sites is 2. The summed E-state index contributed by atoms with van der Waals surface area (Å²) in [7, 11) is 6.15. The maximum atomic E-state index is 14.3. The lowest BCUT2D eigenvalue weighted by atomic mass is 9.88. The average molecular weight is 521 g/mol. The lowest BCUT2D eigenvalue weighted by Crippen LogP contribution is -2.67. The number of rotatable bonds is 6. The first-order valence-corrected chi connectivity index (χ1v) is 12.2. The van der Waals surface area contributed by atoms with Gasteiger partial charge in [0.15, 0.2) is 33.8 Å². The van der Waals surface area contributed by atoms with Crippen LogP contribution in [0.25, 0.3) is 0 Å². The maximum absolute atomic E-state index is 14.3. The number of thiocarbonyl (C=S) groups is 1. The van der Waals surface area contributed by atoms with E-state index in [9.17, 15) is 4.79 Å². The molecular formula is C28H28N2O6S. The predicted octanol–water partition coefficient (Wildman–Crippen LogP) is 5.21. The number of carbonyl (C=O) groups excluding carboxylic acids is 1. The number of benzene rings is 3. The number of hydrogen-bond acceptors (Lipinski definition) is 7. The maximum Gasteiger partial charge on any atom is 0.260 e. The van der Waals surface area contributed by atoms with Crippen LogP contribution < -0.4 is 28.6 Å². The van der Waals surface area contributed by atoms with Gasteiger partial charge in [0, 0.05) is 23.2 Å². The summed E-state index contributed by atoms with van der Waals surface area (Å²) in [6.07, 6.45) is 0.484. The fourth-order valence-corrected chi connectivity index (χ4v) is 5.65. The summed E-state index contributed by atoms with van der Waals surface area (Å²) in [4.78, 5) is 17.8. The molecule has 9 heteroatoms. The molecule has 0 unspecified atom stereocenters. The number of fused-ring (bicyclic) bond motifs is 4. The number of nitrogens with zero attached hydrogens (tertiary/aromatic N) is 2. The third kappa shape index (κ3) is 3.90. The average Bonchev–Trinajstić information content (AvgIpc) is 2.91. The second kappa shape index (κ2) is 9.48. The van der Waals surface area contributed by atoms with Gasteiger partial charge in [0.2, 0.25) is 5.75 Å². The fourth-order valence-electron chi connectivity index (χ4n) is 5.14. The lowest BCUT2D eigenvalue weighted by Gasteiger charge is -2.55. The van der Waals surface area contributed by atoms with E-state index in [1.807, 2.05) is 60.4 Å². The predicted molar refractivity (Wildman–Crippen MR) is 143 cm³/mol. The van der Waals surface area contributed by atoms with E-state index in [1.165, 1.54) is 21.3 Å². The third-order valence-corrected chi connectivity index (χ3v) is 7.19. The Balaban J connectivity index is 1.70. The monoisotopic (exact) mass is 520 g/mol. The van der Waals surface area contributed by atoms with Crippen molar-refractivity contribution in [1.82, 2.24) is 4.90 Å². The first-order valence-electron chi connectivity index (χ1n) is 11.8. The van der Waals surface area contributed by atoms with Crippen molar-refractivity contribution in [3.63, 3.8) is 0 Å². The summed E-state index contributed by atoms with van der Waals surface area (Å²) in [5.41, 5.74) is 1.14. The van der Waals surface area contributed by atoms with Crippen LogP contribution >= 0.6 is 12.2 Å². The van der Waals surface area contributed by atoms with Crippen LogP contribution in [-0.4, -0.2) is 50.1 Å². The molecule has 8 nitrogen and oxygen atoms in total. The molecule has 0 aliphatic carbocycles. The summed E-state index contributed by atoms with van der Waals surface area (Å²) >= 11 is 6.03. The fraction of sp³-hybridized carbons (Fsp3) is 0.286. The van der Waals surface area contributed by atoms with E-state index in [0.29, 0.717) is 45.8 Å². The van der Waals surface area contributed by atoms with Gasteiger partial charge in [0.25, 0.3) is 5.91 Å². The van der Waals surface area contributed by atoms with Crippen LogP contribution in [0.1, 0.15) is 35.3 Å². The van der Waals surface area contributed by atoms with Crippen LogP contribution in [0.15, 0.2) is 60.7 Å². The molecule has 2 aliphatic rings. The normalized spacial score (nSPS) is 20.0. The van der Waals surface area contributed by atoms with Crippen molar-refractivity contribution in [3.8, 4) is 28.7 Å². The van der Waals surface area contributed by atoms with E-state index >= 15 is 0 Å². The van der Waals surface area contributed by atoms with Gasteiger partial charge in [0.1, 0.15) is 0 Å². The molecule has 5 rings (SSSR count). The molecule has 2 heterocycles. The van der Waals surface area contributed by atoms with Crippen LogP contribution in [0.2, 0.25) is 0 Å². The summed E-state index contributed by atoms with van der Waals surface area (Å²) in [5.74, 6) is 2.05. The van der Waals surface area contributed by atoms with Crippen molar-refractivity contribution < 1.29 is 28.5 Å². The Morgan fingerprint density at radius 1 is 0.919 bits per heavy atom. The van der Waals surface area contributed by atoms with Crippen LogP contribution in [0.5, 0.6) is 28.7 Å². The molecule has 0 spiro atoms. The highest BCUT2D eigenvalue weighted by molar-refractivity contribution is 7.80. The SMILES string of the molecule is COc1cc(C(=O)N2C(=S)N(c3ccccc3)[C@@]3(C)C[C@H]2c2cccc(OC)c2O3)cc(OC)c1OC. The first kappa shape index (κ1) is 24.7. The molecule has 3 aromatic carbocycles. The van der Waals surface area contributed by atoms with Gasteiger partial charge in [-0.15, -0.1) is 0 Å². The number of ether oxygens (including phenoxy) is 5. The number of anilines is 1. The molecule has 1 fully saturated rings. The van der Waals surface area contributed by atoms with Crippen molar-refractivity contribution in [2.75, 3.05) is 33.3 Å². The highest BCUT2D eigenvalue weighted by Crippen LogP contribution is 2.52. The van der Waals surface area contributed by atoms with Crippen molar-refractivity contribution in [2.45, 2.75) is 25.1 Å². The number of carbonyl (C=O) groups is 1. The lowest BCUT2D eigenvalue weighted by molar-refractivity contribution is 0.0162. The Labute approximate surface area is 221 Å². The Morgan fingerprint density at radius 3 is 2.16 bits per heavy atom. The van der Waals surface area contributed by atoms with Crippen LogP contribution in [0.3, 0.4) is 0 Å². The van der Waals surface area contributed by atoms with E-state index in [0.717, 1.165) is 11.3 Å². The summed E-state index contributed by atoms with van der Waals surface area (Å²) in [5, 5.41) is 0.331. The van der Waals surface area contributed by atoms with Gasteiger partial charge in [-0.1, -0.05) is 30.3 Å². The molecule has 0 radical (unpaired) electrons. The van der Waals surface area contributed by atoms with Gasteiger partial charge < -0.3 is 23.7 Å². The van der Waals surface area contributed by atoms with Gasteiger partial charge in [0.05, 0.1) is 34.5 Å². The summed E-state index contributed by atoms with van der Waals surface area (Å²) in [6, 6.07) is 18.2. The molecular weight excluding hydrogens is 492 g/mol. The highest BCUT2D eigenvalue weighted by Gasteiger charge is 2.54. The minimum absolute atomic E-state index is 0.298. The molecule has 1 amide bonds. The smallest absolute Gasteiger partial charge is 0.260 e. The second-order valence-corrected chi connectivity index (χ2v) is 9.28. The van der Waals surface area contributed by atoms with Crippen LogP contribution in [0.4, 0.5) is 5.69 Å². The van der Waals surface area contributed by atoms with E-state index < -0.39 is 5.72 Å². The quantitative estimate of drug-likeness (QED) is 0.411. The molecule has 2 bridgehead atoms. The minimum atomic E-state index is -0.850. The van der Waals surface area contributed by atoms with Crippen molar-refractivity contribution in [2.24, 2.45) is 0 Å². The van der Waals surface area contributed by atoms with Gasteiger partial charge in [-0.05, 0) is 49.5 Å². The minimum Gasteiger partial charge on any atom is -0.493 e. The second-order valence-electron chi connectivity index (χ2n) is 8.92. The van der Waals surface area contributed by atoms with Gasteiger partial charge in [-0.25, -0.2) is 0 Å². The van der Waals surface area contributed by atoms with E-state index in [-0.39, 0.29) is 11.9 Å². The molecule has 0 saturated carbocycles. The van der Waals surface area contributed by atoms with Crippen molar-refractivity contribution in [1.29, 1.82) is 0 Å². The Bertz CT molecular complexity index is 1340. The number of amides is 1. The molecule has 1 saturated heterocycles. The van der Waals surface area contributed by atoms with Crippen LogP contribution in [-0.2, 0) is 0 Å². The van der Waals surface area contributed by atoms with Crippen molar-refractivity contribution >= 4 is 28.9 Å². The molecule has 0 N–H and O–H groups in total. The van der Waals surface area contributed by atoms with Gasteiger partial charge in [-0.3, -0.25) is 14.6 Å². The molecule has 192 valence electrons. The molecule has 3 aromatic rings. The van der Waals surface area contributed by atoms with Gasteiger partial charge in [-0.2, -0.15) is 0 Å². The zero-order chi connectivity index (χ0) is 26.3. The molecule has 2 atom stereocenters. The Hall–Kier alpha value is -3.98. The summed E-state index contributed by atoms with van der Waals surface area (Å²) < 4.78 is 28.7. The number of methoxy groups -OCH3 is 4. The molecule has 0 aromatic heterocycles. The Kier molecular flexibility index (Phi) is 6.33. The zero-order valence-electron chi connectivity index (χ0n) is 21.3. The third-order valence-electron chi connectivity index (χ3n) is 6.81. The van der Waals surface area contributed by atoms with E-state index in [1.54, 1.807) is 24.1 Å². The molecule has 2 aliphatic heterocycles. The highest BCUT2D eigenvalue weighted by atomic mass is 32.1. The van der Waals surface area contributed by atoms with Gasteiger partial charge >= 0.3 is 0 Å². The molecule has 37 heavy (non-hydrogen) atoms. The summed E-state index contributed by atoms with van der Waals surface area (Å²) in [6.45, 7) is 1.98. The van der Waals surface area contributed by atoms with Crippen LogP contribution in [0, 0.1) is 0 Å². The van der Waals surface area contributed by atoms with E-state index in [2.05, 4.69) is 0 Å². The Morgan fingerprint density at radius 2 is 1.57 bits per heavy atom. The van der Waals surface area contributed by atoms with E-state index in [4.69, 9.17) is 35.9 Å². The topological polar surface area (TPSA) is 69.7 Å².